The highest BCUT2D eigenvalue weighted by molar-refractivity contribution is 6.33. The Morgan fingerprint density at radius 1 is 1.31 bits per heavy atom. The van der Waals surface area contributed by atoms with Crippen molar-refractivity contribution in [1.82, 2.24) is 4.98 Å². The van der Waals surface area contributed by atoms with E-state index in [0.717, 1.165) is 0 Å². The van der Waals surface area contributed by atoms with Crippen LogP contribution in [0.5, 0.6) is 0 Å². The van der Waals surface area contributed by atoms with Gasteiger partial charge in [0.25, 0.3) is 5.69 Å². The van der Waals surface area contributed by atoms with Gasteiger partial charge in [0.2, 0.25) is 0 Å². The summed E-state index contributed by atoms with van der Waals surface area (Å²) in [5, 5.41) is 11.4. The standard InChI is InChI=1S/C11H9ClN2O2/c1-7-11(14(15)16)9(6-13-7)8-4-2-3-5-10(8)12/h2-6,13H,1H3. The molecule has 82 valence electrons. The van der Waals surface area contributed by atoms with E-state index in [-0.39, 0.29) is 5.69 Å². The van der Waals surface area contributed by atoms with E-state index in [9.17, 15) is 10.1 Å². The summed E-state index contributed by atoms with van der Waals surface area (Å²) in [6.07, 6.45) is 1.61. The summed E-state index contributed by atoms with van der Waals surface area (Å²) in [5.41, 5.74) is 1.79. The molecule has 1 heterocycles. The van der Waals surface area contributed by atoms with Crippen LogP contribution in [0.2, 0.25) is 5.02 Å². The fourth-order valence-corrected chi connectivity index (χ4v) is 1.88. The molecule has 1 N–H and O–H groups in total. The molecule has 16 heavy (non-hydrogen) atoms. The SMILES string of the molecule is Cc1[nH]cc(-c2ccccc2Cl)c1[N+](=O)[O-]. The topological polar surface area (TPSA) is 58.9 Å². The third-order valence-electron chi connectivity index (χ3n) is 2.39. The number of benzene rings is 1. The van der Waals surface area contributed by atoms with Crippen LogP contribution in [0.15, 0.2) is 30.5 Å². The lowest BCUT2D eigenvalue weighted by molar-refractivity contribution is -0.384. The van der Waals surface area contributed by atoms with Gasteiger partial charge in [-0.2, -0.15) is 0 Å². The summed E-state index contributed by atoms with van der Waals surface area (Å²) in [7, 11) is 0. The van der Waals surface area contributed by atoms with Gasteiger partial charge >= 0.3 is 0 Å². The monoisotopic (exact) mass is 236 g/mol. The molecular formula is C11H9ClN2O2. The van der Waals surface area contributed by atoms with Crippen molar-refractivity contribution in [2.24, 2.45) is 0 Å². The second-order valence-corrected chi connectivity index (χ2v) is 3.82. The highest BCUT2D eigenvalue weighted by atomic mass is 35.5. The van der Waals surface area contributed by atoms with Crippen LogP contribution in [0, 0.1) is 17.0 Å². The number of nitrogens with one attached hydrogen (secondary N) is 1. The molecule has 0 bridgehead atoms. The zero-order valence-electron chi connectivity index (χ0n) is 8.53. The largest absolute Gasteiger partial charge is 0.359 e. The Kier molecular flexibility index (Phi) is 2.66. The summed E-state index contributed by atoms with van der Waals surface area (Å²) in [4.78, 5) is 13.4. The fraction of sp³-hybridized carbons (Fsp3) is 0.0909. The van der Waals surface area contributed by atoms with Gasteiger partial charge in [0, 0.05) is 16.8 Å². The molecule has 4 nitrogen and oxygen atoms in total. The van der Waals surface area contributed by atoms with Crippen LogP contribution in [-0.4, -0.2) is 9.91 Å². The normalized spacial score (nSPS) is 10.4. The Balaban J connectivity index is 2.66. The molecule has 1 aromatic heterocycles. The van der Waals surface area contributed by atoms with E-state index in [1.54, 1.807) is 37.4 Å². The van der Waals surface area contributed by atoms with Gasteiger partial charge in [-0.3, -0.25) is 10.1 Å². The van der Waals surface area contributed by atoms with Crippen LogP contribution >= 0.6 is 11.6 Å². The Labute approximate surface area is 97.0 Å². The number of nitrogens with zero attached hydrogens (tertiary/aromatic N) is 1. The minimum atomic E-state index is -0.398. The number of aryl methyl sites for hydroxylation is 1. The highest BCUT2D eigenvalue weighted by Gasteiger charge is 2.21. The second kappa shape index (κ2) is 3.98. The molecule has 0 aliphatic rings. The molecule has 0 atom stereocenters. The van der Waals surface area contributed by atoms with Crippen molar-refractivity contribution >= 4 is 17.3 Å². The number of hydrogen-bond donors (Lipinski definition) is 1. The number of rotatable bonds is 2. The van der Waals surface area contributed by atoms with E-state index in [1.165, 1.54) is 0 Å². The van der Waals surface area contributed by atoms with Crippen LogP contribution < -0.4 is 0 Å². The summed E-state index contributed by atoms with van der Waals surface area (Å²) >= 11 is 6.01. The first-order valence-corrected chi connectivity index (χ1v) is 5.06. The molecule has 0 saturated heterocycles. The number of hydrogen-bond acceptors (Lipinski definition) is 2. The first-order chi connectivity index (χ1) is 7.61. The van der Waals surface area contributed by atoms with Gasteiger partial charge in [0.1, 0.15) is 0 Å². The lowest BCUT2D eigenvalue weighted by Gasteiger charge is -2.00. The molecule has 0 spiro atoms. The average Bonchev–Trinajstić information content (AvgIpc) is 2.61. The zero-order valence-corrected chi connectivity index (χ0v) is 9.28. The molecule has 0 fully saturated rings. The predicted molar refractivity (Wildman–Crippen MR) is 62.6 cm³/mol. The van der Waals surface area contributed by atoms with Gasteiger partial charge in [-0.15, -0.1) is 0 Å². The maximum absolute atomic E-state index is 10.9. The van der Waals surface area contributed by atoms with Crippen LogP contribution in [0.1, 0.15) is 5.69 Å². The molecular weight excluding hydrogens is 228 g/mol. The summed E-state index contributed by atoms with van der Waals surface area (Å²) in [6, 6.07) is 7.06. The highest BCUT2D eigenvalue weighted by Crippen LogP contribution is 2.36. The van der Waals surface area contributed by atoms with Gasteiger partial charge < -0.3 is 4.98 Å². The van der Waals surface area contributed by atoms with Crippen molar-refractivity contribution in [2.75, 3.05) is 0 Å². The van der Waals surface area contributed by atoms with Crippen molar-refractivity contribution in [3.05, 3.63) is 51.3 Å². The molecule has 0 aliphatic carbocycles. The lowest BCUT2D eigenvalue weighted by Crippen LogP contribution is -1.91. The number of H-pyrrole nitrogens is 1. The Hall–Kier alpha value is -1.81. The zero-order chi connectivity index (χ0) is 11.7. The van der Waals surface area contributed by atoms with Gasteiger partial charge in [-0.05, 0) is 13.0 Å². The average molecular weight is 237 g/mol. The van der Waals surface area contributed by atoms with Crippen molar-refractivity contribution in [2.45, 2.75) is 6.92 Å². The van der Waals surface area contributed by atoms with Crippen LogP contribution in [0.4, 0.5) is 5.69 Å². The third kappa shape index (κ3) is 1.67. The van der Waals surface area contributed by atoms with Crippen molar-refractivity contribution in [1.29, 1.82) is 0 Å². The van der Waals surface area contributed by atoms with E-state index in [0.29, 0.717) is 21.8 Å². The minimum absolute atomic E-state index is 0.0769. The first-order valence-electron chi connectivity index (χ1n) is 4.68. The number of halogens is 1. The van der Waals surface area contributed by atoms with E-state index in [4.69, 9.17) is 11.6 Å². The number of nitro groups is 1. The molecule has 2 aromatic rings. The second-order valence-electron chi connectivity index (χ2n) is 3.41. The van der Waals surface area contributed by atoms with Crippen LogP contribution in [0.3, 0.4) is 0 Å². The van der Waals surface area contributed by atoms with E-state index in [1.807, 2.05) is 0 Å². The molecule has 0 aliphatic heterocycles. The van der Waals surface area contributed by atoms with Crippen molar-refractivity contribution in [3.63, 3.8) is 0 Å². The van der Waals surface area contributed by atoms with Crippen LogP contribution in [-0.2, 0) is 0 Å². The van der Waals surface area contributed by atoms with Crippen molar-refractivity contribution in [3.8, 4) is 11.1 Å². The molecule has 5 heteroatoms. The van der Waals surface area contributed by atoms with Gasteiger partial charge in [0.05, 0.1) is 16.2 Å². The maximum atomic E-state index is 10.9. The molecule has 0 amide bonds. The molecule has 0 saturated carbocycles. The van der Waals surface area contributed by atoms with Gasteiger partial charge in [-0.1, -0.05) is 29.8 Å². The fourth-order valence-electron chi connectivity index (χ4n) is 1.64. The quantitative estimate of drug-likeness (QED) is 0.640. The van der Waals surface area contributed by atoms with E-state index in [2.05, 4.69) is 4.98 Å². The maximum Gasteiger partial charge on any atom is 0.297 e. The molecule has 1 aromatic carbocycles. The predicted octanol–water partition coefficient (Wildman–Crippen LogP) is 3.55. The smallest absolute Gasteiger partial charge is 0.297 e. The summed E-state index contributed by atoms with van der Waals surface area (Å²) in [5.74, 6) is 0. The Morgan fingerprint density at radius 2 is 2.00 bits per heavy atom. The Bertz CT molecular complexity index is 549. The summed E-state index contributed by atoms with van der Waals surface area (Å²) in [6.45, 7) is 1.67. The molecule has 2 rings (SSSR count). The molecule has 0 radical (unpaired) electrons. The number of aromatic nitrogens is 1. The first kappa shape index (κ1) is 10.7. The van der Waals surface area contributed by atoms with Gasteiger partial charge in [-0.25, -0.2) is 0 Å². The van der Waals surface area contributed by atoms with Gasteiger partial charge in [0.15, 0.2) is 0 Å². The van der Waals surface area contributed by atoms with Crippen LogP contribution in [0.25, 0.3) is 11.1 Å². The Morgan fingerprint density at radius 3 is 2.62 bits per heavy atom. The summed E-state index contributed by atoms with van der Waals surface area (Å²) < 4.78 is 0. The van der Waals surface area contributed by atoms with E-state index >= 15 is 0 Å². The third-order valence-corrected chi connectivity index (χ3v) is 2.72. The van der Waals surface area contributed by atoms with Crippen molar-refractivity contribution < 1.29 is 4.92 Å². The molecule has 0 unspecified atom stereocenters. The lowest BCUT2D eigenvalue weighted by atomic mass is 10.1. The number of aromatic amines is 1. The van der Waals surface area contributed by atoms with E-state index < -0.39 is 4.92 Å². The minimum Gasteiger partial charge on any atom is -0.359 e.